The Balaban J connectivity index is 4.58. The van der Waals surface area contributed by atoms with Gasteiger partial charge in [-0.1, -0.05) is 150 Å². The number of likely N-dealkylation sites (N-methyl/N-ethyl adjacent to an activating group) is 1. The number of carbonyl (C=O) groups excluding carboxylic acids is 1. The fourth-order valence-corrected chi connectivity index (χ4v) is 6.17. The summed E-state index contributed by atoms with van der Waals surface area (Å²) in [7, 11) is 1.51. The maximum Gasteiger partial charge on any atom is 0.472 e. The third-order valence-electron chi connectivity index (χ3n) is 8.85. The highest BCUT2D eigenvalue weighted by atomic mass is 31.2. The normalized spacial score (nSPS) is 15.3. The predicted octanol–water partition coefficient (Wildman–Crippen LogP) is 11.8. The number of aliphatic hydroxyl groups excluding tert-OH is 1. The summed E-state index contributed by atoms with van der Waals surface area (Å²) in [5, 5.41) is 13.8. The number of hydrogen-bond donors (Lipinski definition) is 3. The van der Waals surface area contributed by atoms with Crippen LogP contribution in [-0.4, -0.2) is 73.4 Å². The van der Waals surface area contributed by atoms with Crippen molar-refractivity contribution in [3.8, 4) is 0 Å². The molecule has 0 aliphatic rings. The molecule has 0 aliphatic carbocycles. The first kappa shape index (κ1) is 52.7. The molecule has 0 bridgehead atoms. The van der Waals surface area contributed by atoms with Crippen molar-refractivity contribution < 1.29 is 32.9 Å². The first-order valence-electron chi connectivity index (χ1n) is 21.5. The van der Waals surface area contributed by atoms with E-state index in [2.05, 4.69) is 92.1 Å². The van der Waals surface area contributed by atoms with Crippen molar-refractivity contribution in [1.82, 2.24) is 5.32 Å². The van der Waals surface area contributed by atoms with Crippen molar-refractivity contribution in [3.63, 3.8) is 0 Å². The Morgan fingerprint density at radius 2 is 1.11 bits per heavy atom. The monoisotopic (exact) mass is 790 g/mol. The number of phosphoric ester groups is 1. The van der Waals surface area contributed by atoms with Gasteiger partial charge in [-0.05, 0) is 77.0 Å². The number of nitrogens with zero attached hydrogens (tertiary/aromatic N) is 1. The predicted molar refractivity (Wildman–Crippen MR) is 235 cm³/mol. The van der Waals surface area contributed by atoms with Crippen molar-refractivity contribution in [2.45, 2.75) is 161 Å². The molecule has 0 aromatic carbocycles. The number of phosphoric acid groups is 1. The van der Waals surface area contributed by atoms with Crippen LogP contribution in [0.1, 0.15) is 149 Å². The molecule has 3 N–H and O–H groups in total. The van der Waals surface area contributed by atoms with Gasteiger partial charge >= 0.3 is 7.82 Å². The van der Waals surface area contributed by atoms with Crippen LogP contribution in [0.25, 0.3) is 0 Å². The van der Waals surface area contributed by atoms with E-state index in [1.165, 1.54) is 51.4 Å². The molecule has 3 unspecified atom stereocenters. The fourth-order valence-electron chi connectivity index (χ4n) is 5.43. The molecule has 0 aromatic heterocycles. The lowest BCUT2D eigenvalue weighted by Gasteiger charge is -2.25. The molecule has 3 atom stereocenters. The van der Waals surface area contributed by atoms with Crippen LogP contribution in [0.5, 0.6) is 0 Å². The summed E-state index contributed by atoms with van der Waals surface area (Å²) >= 11 is 0. The number of allylic oxidation sites excluding steroid dienone is 13. The average molecular weight is 790 g/mol. The quantitative estimate of drug-likeness (QED) is 0.0251. The third kappa shape index (κ3) is 39.7. The summed E-state index contributed by atoms with van der Waals surface area (Å²) in [6, 6.07) is -0.884. The lowest BCUT2D eigenvalue weighted by Crippen LogP contribution is -2.45. The maximum absolute atomic E-state index is 12.8. The first-order valence-corrected chi connectivity index (χ1v) is 23.0. The van der Waals surface area contributed by atoms with Gasteiger partial charge in [0.25, 0.3) is 0 Å². The smallest absolute Gasteiger partial charge is 0.387 e. The summed E-state index contributed by atoms with van der Waals surface area (Å²) in [4.78, 5) is 23.1. The van der Waals surface area contributed by atoms with Crippen LogP contribution < -0.4 is 5.32 Å². The number of aliphatic hydroxyl groups is 1. The second kappa shape index (κ2) is 37.3. The zero-order valence-corrected chi connectivity index (χ0v) is 36.5. The van der Waals surface area contributed by atoms with Crippen molar-refractivity contribution in [3.05, 3.63) is 85.1 Å². The second-order valence-electron chi connectivity index (χ2n) is 15.3. The van der Waals surface area contributed by atoms with Gasteiger partial charge < -0.3 is 19.8 Å². The Bertz CT molecular complexity index is 1170. The van der Waals surface area contributed by atoms with Gasteiger partial charge in [0, 0.05) is 6.42 Å². The molecule has 0 aliphatic heterocycles. The molecule has 1 amide bonds. The van der Waals surface area contributed by atoms with E-state index in [1.54, 1.807) is 6.08 Å². The van der Waals surface area contributed by atoms with E-state index >= 15 is 0 Å². The van der Waals surface area contributed by atoms with Gasteiger partial charge in [-0.3, -0.25) is 13.8 Å². The minimum absolute atomic E-state index is 0.0446. The molecule has 0 fully saturated rings. The number of unbranched alkanes of at least 4 members (excludes halogenated alkanes) is 12. The van der Waals surface area contributed by atoms with Crippen molar-refractivity contribution in [1.29, 1.82) is 0 Å². The summed E-state index contributed by atoms with van der Waals surface area (Å²) in [5.41, 5.74) is 0. The highest BCUT2D eigenvalue weighted by molar-refractivity contribution is 7.47. The second-order valence-corrected chi connectivity index (χ2v) is 16.8. The molecule has 0 rings (SSSR count). The standard InChI is InChI=1S/C46H81N2O6P/c1-6-8-10-12-14-16-18-20-22-23-24-25-26-28-30-32-34-36-38-40-46(50)47-44(43-54-55(51,52)53-42-41-48(3,4)5)45(49)39-37-35-33-31-29-27-21-19-17-15-13-11-9-7-2/h8,10,14,16,20,22,24-25,28-31,37,39,44-45,49H,6-7,9,11-13,15,17-19,21,23,26-27,32-36,38,40-43H2,1-5H3,(H-,47,50,51,52)/p+1/b10-8-,16-14-,22-20-,25-24-,30-28-,31-29+,39-37+. The zero-order valence-electron chi connectivity index (χ0n) is 35.6. The van der Waals surface area contributed by atoms with Crippen LogP contribution in [0.15, 0.2) is 85.1 Å². The number of rotatable bonds is 37. The molecule has 9 heteroatoms. The number of quaternary nitrogens is 1. The van der Waals surface area contributed by atoms with Gasteiger partial charge in [0.1, 0.15) is 13.2 Å². The molecule has 316 valence electrons. The number of hydrogen-bond acceptors (Lipinski definition) is 5. The molecule has 8 nitrogen and oxygen atoms in total. The van der Waals surface area contributed by atoms with E-state index in [1.807, 2.05) is 27.2 Å². The minimum Gasteiger partial charge on any atom is -0.387 e. The van der Waals surface area contributed by atoms with Gasteiger partial charge in [-0.25, -0.2) is 4.57 Å². The Morgan fingerprint density at radius 1 is 0.636 bits per heavy atom. The van der Waals surface area contributed by atoms with E-state index in [0.29, 0.717) is 23.9 Å². The maximum atomic E-state index is 12.8. The largest absolute Gasteiger partial charge is 0.472 e. The highest BCUT2D eigenvalue weighted by Gasteiger charge is 2.27. The lowest BCUT2D eigenvalue weighted by atomic mass is 10.1. The van der Waals surface area contributed by atoms with Gasteiger partial charge in [-0.15, -0.1) is 0 Å². The Labute approximate surface area is 337 Å². The van der Waals surface area contributed by atoms with Crippen LogP contribution in [0, 0.1) is 0 Å². The van der Waals surface area contributed by atoms with Crippen LogP contribution in [0.2, 0.25) is 0 Å². The Morgan fingerprint density at radius 3 is 1.67 bits per heavy atom. The van der Waals surface area contributed by atoms with Crippen LogP contribution in [0.3, 0.4) is 0 Å². The Kier molecular flexibility index (Phi) is 35.7. The van der Waals surface area contributed by atoms with Crippen LogP contribution >= 0.6 is 7.82 Å². The molecular weight excluding hydrogens is 707 g/mol. The topological polar surface area (TPSA) is 105 Å². The average Bonchev–Trinajstić information content (AvgIpc) is 3.13. The molecule has 0 spiro atoms. The Hall–Kier alpha value is -2.32. The zero-order chi connectivity index (χ0) is 40.7. The summed E-state index contributed by atoms with van der Waals surface area (Å²) in [5.74, 6) is -0.224. The molecule has 0 aromatic rings. The molecule has 0 heterocycles. The first-order chi connectivity index (χ1) is 26.5. The van der Waals surface area contributed by atoms with Gasteiger partial charge in [0.05, 0.1) is 39.9 Å². The van der Waals surface area contributed by atoms with E-state index in [-0.39, 0.29) is 19.1 Å². The van der Waals surface area contributed by atoms with Crippen molar-refractivity contribution in [2.24, 2.45) is 0 Å². The SMILES string of the molecule is CC/C=C\C/C=C\C/C=C\C/C=C\C/C=C\CCCCCC(=O)NC(COP(=O)(O)OCC[N+](C)(C)C)C(O)/C=C/CC/C=C/CCCCCCCCCC. The molecule has 0 radical (unpaired) electrons. The van der Waals surface area contributed by atoms with E-state index < -0.39 is 20.0 Å². The van der Waals surface area contributed by atoms with Crippen molar-refractivity contribution >= 4 is 13.7 Å². The number of amides is 1. The van der Waals surface area contributed by atoms with Gasteiger partial charge in [-0.2, -0.15) is 0 Å². The number of carbonyl (C=O) groups is 1. The van der Waals surface area contributed by atoms with Crippen molar-refractivity contribution in [2.75, 3.05) is 40.9 Å². The molecule has 0 saturated carbocycles. The van der Waals surface area contributed by atoms with Gasteiger partial charge in [0.15, 0.2) is 0 Å². The summed E-state index contributed by atoms with van der Waals surface area (Å²) < 4.78 is 23.5. The highest BCUT2D eigenvalue weighted by Crippen LogP contribution is 2.43. The molecule has 0 saturated heterocycles. The number of nitrogens with one attached hydrogen (secondary N) is 1. The van der Waals surface area contributed by atoms with E-state index in [4.69, 9.17) is 9.05 Å². The van der Waals surface area contributed by atoms with Gasteiger partial charge in [0.2, 0.25) is 5.91 Å². The van der Waals surface area contributed by atoms with E-state index in [9.17, 15) is 19.4 Å². The van der Waals surface area contributed by atoms with Crippen LogP contribution in [0.4, 0.5) is 0 Å². The lowest BCUT2D eigenvalue weighted by molar-refractivity contribution is -0.870. The van der Waals surface area contributed by atoms with E-state index in [0.717, 1.165) is 70.6 Å². The third-order valence-corrected chi connectivity index (χ3v) is 9.83. The van der Waals surface area contributed by atoms with Crippen LogP contribution in [-0.2, 0) is 18.4 Å². The molecular formula is C46H82N2O6P+. The summed E-state index contributed by atoms with van der Waals surface area (Å²) in [6.45, 7) is 4.61. The molecule has 55 heavy (non-hydrogen) atoms. The fraction of sp³-hybridized carbons (Fsp3) is 0.674. The minimum atomic E-state index is -4.36. The summed E-state index contributed by atoms with van der Waals surface area (Å²) in [6.07, 6.45) is 50.8.